The molecule has 3 aromatic rings. The Morgan fingerprint density at radius 2 is 2.14 bits per heavy atom. The minimum absolute atomic E-state index is 0.111. The van der Waals surface area contributed by atoms with Crippen molar-refractivity contribution in [2.75, 3.05) is 19.7 Å². The Bertz CT molecular complexity index is 1070. The summed E-state index contributed by atoms with van der Waals surface area (Å²) in [7, 11) is 1.79. The highest BCUT2D eigenvalue weighted by molar-refractivity contribution is 7.20. The number of esters is 1. The lowest BCUT2D eigenvalue weighted by Crippen LogP contribution is -2.42. The fourth-order valence-corrected chi connectivity index (χ4v) is 4.81. The van der Waals surface area contributed by atoms with Crippen LogP contribution >= 0.6 is 11.3 Å². The molecule has 1 amide bonds. The molecule has 0 saturated carbocycles. The molecule has 0 N–H and O–H groups in total. The molecule has 0 radical (unpaired) electrons. The van der Waals surface area contributed by atoms with E-state index in [1.54, 1.807) is 47.8 Å². The van der Waals surface area contributed by atoms with Gasteiger partial charge in [0.25, 0.3) is 5.91 Å². The van der Waals surface area contributed by atoms with Crippen molar-refractivity contribution in [1.82, 2.24) is 14.7 Å². The highest BCUT2D eigenvalue weighted by Crippen LogP contribution is 2.35. The molecular weight excluding hydrogens is 393 g/mol. The smallest absolute Gasteiger partial charge is 0.310 e. The summed E-state index contributed by atoms with van der Waals surface area (Å²) in [6.07, 6.45) is 1.50. The van der Waals surface area contributed by atoms with Crippen LogP contribution in [-0.2, 0) is 16.6 Å². The topological polar surface area (TPSA) is 64.4 Å². The van der Waals surface area contributed by atoms with Crippen LogP contribution in [0.25, 0.3) is 21.5 Å². The summed E-state index contributed by atoms with van der Waals surface area (Å²) in [6.45, 7) is 3.10. The number of hydrogen-bond donors (Lipinski definition) is 0. The molecule has 2 aromatic heterocycles. The molecule has 1 fully saturated rings. The van der Waals surface area contributed by atoms with Gasteiger partial charge >= 0.3 is 5.97 Å². The molecule has 29 heavy (non-hydrogen) atoms. The molecule has 1 saturated heterocycles. The number of nitrogens with zero attached hydrogens (tertiary/aromatic N) is 3. The molecule has 8 heteroatoms. The summed E-state index contributed by atoms with van der Waals surface area (Å²) in [5, 5.41) is 5.21. The third kappa shape index (κ3) is 3.64. The number of amides is 1. The number of benzene rings is 1. The molecule has 152 valence electrons. The second-order valence-electron chi connectivity index (χ2n) is 7.12. The van der Waals surface area contributed by atoms with E-state index in [9.17, 15) is 14.0 Å². The number of fused-ring (bicyclic) bond motifs is 1. The van der Waals surface area contributed by atoms with Crippen molar-refractivity contribution < 1.29 is 18.7 Å². The first-order valence-corrected chi connectivity index (χ1v) is 10.5. The van der Waals surface area contributed by atoms with E-state index >= 15 is 0 Å². The van der Waals surface area contributed by atoms with Crippen molar-refractivity contribution in [2.24, 2.45) is 13.0 Å². The summed E-state index contributed by atoms with van der Waals surface area (Å²) in [5.74, 6) is -0.982. The molecule has 4 rings (SSSR count). The van der Waals surface area contributed by atoms with Gasteiger partial charge in [-0.15, -0.1) is 11.3 Å². The Labute approximate surface area is 171 Å². The lowest BCUT2D eigenvalue weighted by molar-refractivity contribution is -0.149. The summed E-state index contributed by atoms with van der Waals surface area (Å²) in [5.41, 5.74) is 0.939. The highest BCUT2D eigenvalue weighted by Gasteiger charge is 2.31. The van der Waals surface area contributed by atoms with Gasteiger partial charge in [0.2, 0.25) is 0 Å². The van der Waals surface area contributed by atoms with Crippen LogP contribution in [0, 0.1) is 11.7 Å². The zero-order chi connectivity index (χ0) is 20.5. The van der Waals surface area contributed by atoms with Gasteiger partial charge in [-0.2, -0.15) is 5.10 Å². The van der Waals surface area contributed by atoms with Crippen molar-refractivity contribution in [2.45, 2.75) is 19.8 Å². The molecule has 0 aliphatic carbocycles. The predicted octanol–water partition coefficient (Wildman–Crippen LogP) is 3.86. The van der Waals surface area contributed by atoms with Crippen LogP contribution in [-0.4, -0.2) is 46.3 Å². The van der Waals surface area contributed by atoms with Crippen molar-refractivity contribution in [3.05, 3.63) is 41.0 Å². The number of halogens is 1. The van der Waals surface area contributed by atoms with E-state index in [4.69, 9.17) is 4.74 Å². The number of carbonyl (C=O) groups excluding carboxylic acids is 2. The van der Waals surface area contributed by atoms with Crippen molar-refractivity contribution in [3.8, 4) is 11.3 Å². The monoisotopic (exact) mass is 415 g/mol. The first kappa shape index (κ1) is 19.6. The van der Waals surface area contributed by atoms with Crippen molar-refractivity contribution >= 4 is 33.4 Å². The molecule has 1 aliphatic heterocycles. The molecule has 1 atom stereocenters. The second-order valence-corrected chi connectivity index (χ2v) is 8.15. The Morgan fingerprint density at radius 3 is 2.90 bits per heavy atom. The lowest BCUT2D eigenvalue weighted by Gasteiger charge is -2.31. The molecule has 1 aromatic carbocycles. The van der Waals surface area contributed by atoms with Gasteiger partial charge in [-0.3, -0.25) is 14.3 Å². The quantitative estimate of drug-likeness (QED) is 0.607. The highest BCUT2D eigenvalue weighted by atomic mass is 32.1. The number of aryl methyl sites for hydroxylation is 1. The number of hydrogen-bond acceptors (Lipinski definition) is 5. The minimum atomic E-state index is -0.347. The van der Waals surface area contributed by atoms with E-state index < -0.39 is 0 Å². The zero-order valence-electron chi connectivity index (χ0n) is 16.4. The van der Waals surface area contributed by atoms with E-state index in [1.807, 2.05) is 0 Å². The number of piperidine rings is 1. The van der Waals surface area contributed by atoms with E-state index in [0.29, 0.717) is 35.8 Å². The Balaban J connectivity index is 1.63. The number of ether oxygens (including phenoxy) is 1. The van der Waals surface area contributed by atoms with Crippen LogP contribution in [0.2, 0.25) is 0 Å². The Hall–Kier alpha value is -2.74. The summed E-state index contributed by atoms with van der Waals surface area (Å²) >= 11 is 1.34. The van der Waals surface area contributed by atoms with E-state index in [0.717, 1.165) is 23.1 Å². The van der Waals surface area contributed by atoms with Crippen LogP contribution in [0.1, 0.15) is 29.4 Å². The van der Waals surface area contributed by atoms with Gasteiger partial charge in [0.05, 0.1) is 17.4 Å². The fraction of sp³-hybridized carbons (Fsp3) is 0.381. The van der Waals surface area contributed by atoms with Crippen molar-refractivity contribution in [3.63, 3.8) is 0 Å². The number of likely N-dealkylation sites (tertiary alicyclic amines) is 1. The fourth-order valence-electron chi connectivity index (χ4n) is 3.77. The van der Waals surface area contributed by atoms with Crippen LogP contribution in [0.15, 0.2) is 30.3 Å². The number of thiophene rings is 1. The van der Waals surface area contributed by atoms with Crippen molar-refractivity contribution in [1.29, 1.82) is 0 Å². The number of aromatic nitrogens is 2. The predicted molar refractivity (Wildman–Crippen MR) is 109 cm³/mol. The average molecular weight is 415 g/mol. The maximum absolute atomic E-state index is 14.3. The van der Waals surface area contributed by atoms with Gasteiger partial charge in [-0.1, -0.05) is 12.1 Å². The molecule has 6 nitrogen and oxygen atoms in total. The standard InChI is InChI=1S/C21H22FN3O3S/c1-3-28-21(27)13-7-6-10-25(12-13)19(26)17-11-15-18(23-24(2)20(15)29-17)14-8-4-5-9-16(14)22/h4-5,8-9,11,13H,3,6-7,10,12H2,1-2H3/t13-/m0/s1. The maximum atomic E-state index is 14.3. The third-order valence-corrected chi connectivity index (χ3v) is 6.37. The number of carbonyl (C=O) groups is 2. The SMILES string of the molecule is CCOC(=O)[C@H]1CCCN(C(=O)c2cc3c(-c4ccccc4F)nn(C)c3s2)C1. The van der Waals surface area contributed by atoms with Crippen LogP contribution in [0.4, 0.5) is 4.39 Å². The van der Waals surface area contributed by atoms with E-state index in [1.165, 1.54) is 17.4 Å². The molecule has 0 unspecified atom stereocenters. The summed E-state index contributed by atoms with van der Waals surface area (Å²) in [4.78, 5) is 28.3. The largest absolute Gasteiger partial charge is 0.466 e. The number of rotatable bonds is 4. The van der Waals surface area contributed by atoms with Crippen LogP contribution in [0.3, 0.4) is 0 Å². The molecule has 0 spiro atoms. The summed E-state index contributed by atoms with van der Waals surface area (Å²) in [6, 6.07) is 8.27. The Kier molecular flexibility index (Phi) is 5.36. The molecule has 1 aliphatic rings. The third-order valence-electron chi connectivity index (χ3n) is 5.18. The summed E-state index contributed by atoms with van der Waals surface area (Å²) < 4.78 is 21.1. The lowest BCUT2D eigenvalue weighted by atomic mass is 9.98. The average Bonchev–Trinajstić information content (AvgIpc) is 3.29. The minimum Gasteiger partial charge on any atom is -0.466 e. The van der Waals surface area contributed by atoms with Gasteiger partial charge in [-0.25, -0.2) is 4.39 Å². The zero-order valence-corrected chi connectivity index (χ0v) is 17.2. The van der Waals surface area contributed by atoms with Gasteiger partial charge in [0, 0.05) is 31.1 Å². The molecular formula is C21H22FN3O3S. The molecule has 3 heterocycles. The first-order valence-electron chi connectivity index (χ1n) is 9.67. The first-order chi connectivity index (χ1) is 14.0. The van der Waals surface area contributed by atoms with Gasteiger partial charge < -0.3 is 9.64 Å². The maximum Gasteiger partial charge on any atom is 0.310 e. The van der Waals surface area contributed by atoms with Crippen LogP contribution < -0.4 is 0 Å². The van der Waals surface area contributed by atoms with Gasteiger partial charge in [0.1, 0.15) is 16.3 Å². The Morgan fingerprint density at radius 1 is 1.34 bits per heavy atom. The second kappa shape index (κ2) is 7.94. The van der Waals surface area contributed by atoms with Gasteiger partial charge in [0.15, 0.2) is 0 Å². The molecule has 0 bridgehead atoms. The van der Waals surface area contributed by atoms with E-state index in [-0.39, 0.29) is 23.6 Å². The normalized spacial score (nSPS) is 16.9. The van der Waals surface area contributed by atoms with E-state index in [2.05, 4.69) is 5.10 Å². The van der Waals surface area contributed by atoms with Gasteiger partial charge in [-0.05, 0) is 38.0 Å². The van der Waals surface area contributed by atoms with Crippen LogP contribution in [0.5, 0.6) is 0 Å².